The number of carbonyl (C=O) groups excluding carboxylic acids is 2. The maximum atomic E-state index is 12.0. The number of nitrogens with one attached hydrogen (secondary N) is 1. The fourth-order valence-corrected chi connectivity index (χ4v) is 2.64. The van der Waals surface area contributed by atoms with E-state index in [1.165, 1.54) is 18.4 Å². The molecule has 118 valence electrons. The summed E-state index contributed by atoms with van der Waals surface area (Å²) in [6, 6.07) is 1.67. The molecule has 0 aliphatic rings. The molecule has 0 saturated heterocycles. The number of hydrogen-bond acceptors (Lipinski definition) is 6. The Labute approximate surface area is 128 Å². The lowest BCUT2D eigenvalue weighted by molar-refractivity contribution is -0.117. The standard InChI is InChI=1S/C14H22N2O4S/c1-5-16(9-14(2,3)19)8-11(17)15-10-6-7-21-12(10)13(18)20-4/h6-7,19H,5,8-9H2,1-4H3,(H,15,17). The van der Waals surface area contributed by atoms with Gasteiger partial charge in [-0.15, -0.1) is 11.3 Å². The predicted molar refractivity (Wildman–Crippen MR) is 82.7 cm³/mol. The highest BCUT2D eigenvalue weighted by Gasteiger charge is 2.20. The maximum absolute atomic E-state index is 12.0. The first-order valence-corrected chi connectivity index (χ1v) is 7.55. The summed E-state index contributed by atoms with van der Waals surface area (Å²) in [4.78, 5) is 25.8. The Hall–Kier alpha value is -1.44. The number of methoxy groups -OCH3 is 1. The van der Waals surface area contributed by atoms with Gasteiger partial charge in [0, 0.05) is 6.54 Å². The van der Waals surface area contributed by atoms with Crippen molar-refractivity contribution in [3.63, 3.8) is 0 Å². The number of anilines is 1. The van der Waals surface area contributed by atoms with Crippen molar-refractivity contribution in [1.29, 1.82) is 0 Å². The third-order valence-corrected chi connectivity index (χ3v) is 3.63. The monoisotopic (exact) mass is 314 g/mol. The molecule has 0 saturated carbocycles. The zero-order valence-electron chi connectivity index (χ0n) is 12.8. The highest BCUT2D eigenvalue weighted by atomic mass is 32.1. The van der Waals surface area contributed by atoms with Crippen molar-refractivity contribution in [2.75, 3.05) is 32.1 Å². The van der Waals surface area contributed by atoms with Gasteiger partial charge in [-0.25, -0.2) is 4.79 Å². The number of rotatable bonds is 7. The fraction of sp³-hybridized carbons (Fsp3) is 0.571. The minimum absolute atomic E-state index is 0.150. The van der Waals surface area contributed by atoms with Crippen LogP contribution in [0.3, 0.4) is 0 Å². The van der Waals surface area contributed by atoms with E-state index in [2.05, 4.69) is 10.1 Å². The number of likely N-dealkylation sites (N-methyl/N-ethyl adjacent to an activating group) is 1. The third kappa shape index (κ3) is 5.82. The van der Waals surface area contributed by atoms with Crippen molar-refractivity contribution in [1.82, 2.24) is 4.90 Å². The molecule has 0 aromatic carbocycles. The molecule has 0 aliphatic carbocycles. The van der Waals surface area contributed by atoms with E-state index in [1.54, 1.807) is 25.3 Å². The number of amides is 1. The second-order valence-electron chi connectivity index (χ2n) is 5.32. The Morgan fingerprint density at radius 2 is 2.14 bits per heavy atom. The van der Waals surface area contributed by atoms with Crippen LogP contribution in [0, 0.1) is 0 Å². The quantitative estimate of drug-likeness (QED) is 0.747. The van der Waals surface area contributed by atoms with E-state index < -0.39 is 11.6 Å². The molecule has 0 atom stereocenters. The molecule has 0 bridgehead atoms. The number of aliphatic hydroxyl groups is 1. The highest BCUT2D eigenvalue weighted by Crippen LogP contribution is 2.23. The normalized spacial score (nSPS) is 11.5. The van der Waals surface area contributed by atoms with Gasteiger partial charge in [-0.05, 0) is 31.8 Å². The number of hydrogen-bond donors (Lipinski definition) is 2. The van der Waals surface area contributed by atoms with Gasteiger partial charge in [-0.1, -0.05) is 6.92 Å². The smallest absolute Gasteiger partial charge is 0.350 e. The summed E-state index contributed by atoms with van der Waals surface area (Å²) < 4.78 is 4.66. The molecule has 1 aromatic heterocycles. The van der Waals surface area contributed by atoms with Crippen LogP contribution in [-0.4, -0.2) is 54.2 Å². The van der Waals surface area contributed by atoms with Crippen LogP contribution in [0.15, 0.2) is 11.4 Å². The van der Waals surface area contributed by atoms with Gasteiger partial charge < -0.3 is 15.2 Å². The second-order valence-corrected chi connectivity index (χ2v) is 6.23. The molecular weight excluding hydrogens is 292 g/mol. The van der Waals surface area contributed by atoms with Crippen LogP contribution < -0.4 is 5.32 Å². The number of ether oxygens (including phenoxy) is 1. The molecule has 21 heavy (non-hydrogen) atoms. The second kappa shape index (κ2) is 7.53. The summed E-state index contributed by atoms with van der Waals surface area (Å²) in [6.45, 7) is 6.50. The zero-order valence-corrected chi connectivity index (χ0v) is 13.6. The van der Waals surface area contributed by atoms with Crippen LogP contribution >= 0.6 is 11.3 Å². The van der Waals surface area contributed by atoms with E-state index in [0.717, 1.165) is 0 Å². The Balaban J connectivity index is 2.65. The molecule has 0 aliphatic heterocycles. The van der Waals surface area contributed by atoms with Crippen LogP contribution in [0.25, 0.3) is 0 Å². The first kappa shape index (κ1) is 17.6. The number of carbonyl (C=O) groups is 2. The lowest BCUT2D eigenvalue weighted by Gasteiger charge is -2.27. The molecule has 1 aromatic rings. The highest BCUT2D eigenvalue weighted by molar-refractivity contribution is 7.12. The summed E-state index contributed by atoms with van der Waals surface area (Å²) in [6.07, 6.45) is 0. The molecule has 0 radical (unpaired) electrons. The predicted octanol–water partition coefficient (Wildman–Crippen LogP) is 1.57. The molecule has 2 N–H and O–H groups in total. The van der Waals surface area contributed by atoms with Gasteiger partial charge in [0.2, 0.25) is 5.91 Å². The molecule has 7 heteroatoms. The van der Waals surface area contributed by atoms with Crippen LogP contribution in [0.5, 0.6) is 0 Å². The Morgan fingerprint density at radius 1 is 1.48 bits per heavy atom. The van der Waals surface area contributed by atoms with E-state index in [1.807, 2.05) is 11.8 Å². The van der Waals surface area contributed by atoms with Crippen molar-refractivity contribution < 1.29 is 19.4 Å². The summed E-state index contributed by atoms with van der Waals surface area (Å²) in [7, 11) is 1.30. The molecule has 1 heterocycles. The van der Waals surface area contributed by atoms with Gasteiger partial charge in [-0.3, -0.25) is 9.69 Å². The average Bonchev–Trinajstić information content (AvgIpc) is 2.83. The Morgan fingerprint density at radius 3 is 2.67 bits per heavy atom. The third-order valence-electron chi connectivity index (χ3n) is 2.74. The van der Waals surface area contributed by atoms with E-state index in [9.17, 15) is 14.7 Å². The summed E-state index contributed by atoms with van der Waals surface area (Å²) in [5.41, 5.74) is -0.410. The molecule has 0 fully saturated rings. The van der Waals surface area contributed by atoms with E-state index in [4.69, 9.17) is 0 Å². The first-order chi connectivity index (χ1) is 9.76. The molecule has 6 nitrogen and oxygen atoms in total. The van der Waals surface area contributed by atoms with Crippen molar-refractivity contribution >= 4 is 28.9 Å². The van der Waals surface area contributed by atoms with Crippen LogP contribution in [-0.2, 0) is 9.53 Å². The molecule has 0 unspecified atom stereocenters. The van der Waals surface area contributed by atoms with Crippen LogP contribution in [0.2, 0.25) is 0 Å². The van der Waals surface area contributed by atoms with Gasteiger partial charge in [0.05, 0.1) is 24.9 Å². The van der Waals surface area contributed by atoms with Crippen molar-refractivity contribution in [2.45, 2.75) is 26.4 Å². The number of thiophene rings is 1. The van der Waals surface area contributed by atoms with Gasteiger partial charge in [0.25, 0.3) is 0 Å². The maximum Gasteiger partial charge on any atom is 0.350 e. The van der Waals surface area contributed by atoms with E-state index in [0.29, 0.717) is 23.7 Å². The summed E-state index contributed by atoms with van der Waals surface area (Å²) in [5.74, 6) is -0.700. The van der Waals surface area contributed by atoms with Crippen molar-refractivity contribution in [3.8, 4) is 0 Å². The summed E-state index contributed by atoms with van der Waals surface area (Å²) >= 11 is 1.22. The topological polar surface area (TPSA) is 78.9 Å². The SMILES string of the molecule is CCN(CC(=O)Nc1ccsc1C(=O)OC)CC(C)(C)O. The minimum Gasteiger partial charge on any atom is -0.465 e. The van der Waals surface area contributed by atoms with Gasteiger partial charge in [-0.2, -0.15) is 0 Å². The van der Waals surface area contributed by atoms with E-state index in [-0.39, 0.29) is 12.5 Å². The Bertz CT molecular complexity index is 493. The van der Waals surface area contributed by atoms with Gasteiger partial charge in [0.1, 0.15) is 4.88 Å². The lowest BCUT2D eigenvalue weighted by atomic mass is 10.1. The Kier molecular flexibility index (Phi) is 6.32. The van der Waals surface area contributed by atoms with Crippen molar-refractivity contribution in [3.05, 3.63) is 16.3 Å². The van der Waals surface area contributed by atoms with Gasteiger partial charge in [0.15, 0.2) is 0 Å². The average molecular weight is 314 g/mol. The minimum atomic E-state index is -0.865. The zero-order chi connectivity index (χ0) is 16.0. The molecule has 1 rings (SSSR count). The molecule has 0 spiro atoms. The van der Waals surface area contributed by atoms with Crippen LogP contribution in [0.1, 0.15) is 30.4 Å². The summed E-state index contributed by atoms with van der Waals surface area (Å²) in [5, 5.41) is 14.2. The largest absolute Gasteiger partial charge is 0.465 e. The lowest BCUT2D eigenvalue weighted by Crippen LogP contribution is -2.42. The fourth-order valence-electron chi connectivity index (χ4n) is 1.88. The van der Waals surface area contributed by atoms with E-state index >= 15 is 0 Å². The molecular formula is C14H22N2O4S. The number of nitrogens with zero attached hydrogens (tertiary/aromatic N) is 1. The van der Waals surface area contributed by atoms with Gasteiger partial charge >= 0.3 is 5.97 Å². The first-order valence-electron chi connectivity index (χ1n) is 6.67. The van der Waals surface area contributed by atoms with Crippen LogP contribution in [0.4, 0.5) is 5.69 Å². The number of esters is 1. The van der Waals surface area contributed by atoms with Crippen molar-refractivity contribution in [2.24, 2.45) is 0 Å². The molecule has 1 amide bonds.